The molecule has 4 N–H and O–H groups in total. The first kappa shape index (κ1) is 19.7. The van der Waals surface area contributed by atoms with Crippen LogP contribution in [0, 0.1) is 17.8 Å². The van der Waals surface area contributed by atoms with Crippen molar-refractivity contribution in [3.05, 3.63) is 72.4 Å². The second-order valence-electron chi connectivity index (χ2n) is 9.10. The van der Waals surface area contributed by atoms with Crippen molar-refractivity contribution in [3.8, 4) is 0 Å². The summed E-state index contributed by atoms with van der Waals surface area (Å²) in [6.45, 7) is -0.132. The third-order valence-electron chi connectivity index (χ3n) is 7.57. The lowest BCUT2D eigenvalue weighted by molar-refractivity contribution is -0.0415. The molecular formula is C25H26N4O3. The summed E-state index contributed by atoms with van der Waals surface area (Å²) in [4.78, 5) is 11.5. The molecule has 0 bridgehead atoms. The summed E-state index contributed by atoms with van der Waals surface area (Å²) in [5.74, 6) is 0.370. The predicted octanol–water partition coefficient (Wildman–Crippen LogP) is 1.94. The largest absolute Gasteiger partial charge is 0.396 e. The SMILES string of the molecule is OC[C@@H]1[C@H](O)C(O)[C@@]2(N3C=C(c4ccccc4)C4C(Nc5ccccc5)=NC=NC43)C[C@@H]12. The van der Waals surface area contributed by atoms with Crippen LogP contribution in [0.3, 0.4) is 0 Å². The van der Waals surface area contributed by atoms with Crippen molar-refractivity contribution < 1.29 is 15.3 Å². The van der Waals surface area contributed by atoms with Gasteiger partial charge >= 0.3 is 0 Å². The number of nitrogens with one attached hydrogen (secondary N) is 1. The molecule has 2 aliphatic heterocycles. The topological polar surface area (TPSA) is 101 Å². The molecule has 2 fully saturated rings. The first-order valence-corrected chi connectivity index (χ1v) is 11.1. The number of aliphatic imine (C=N–C) groups is 2. The maximum absolute atomic E-state index is 11.0. The smallest absolute Gasteiger partial charge is 0.137 e. The molecule has 6 rings (SSSR count). The van der Waals surface area contributed by atoms with E-state index in [0.717, 1.165) is 29.1 Å². The molecular weight excluding hydrogens is 404 g/mol. The molecule has 4 aliphatic rings. The van der Waals surface area contributed by atoms with Crippen molar-refractivity contribution in [1.29, 1.82) is 0 Å². The molecule has 2 aliphatic carbocycles. The van der Waals surface area contributed by atoms with Gasteiger partial charge in [0.05, 0.1) is 17.6 Å². The number of benzene rings is 2. The molecule has 0 spiro atoms. The normalized spacial score (nSPS) is 36.9. The van der Waals surface area contributed by atoms with Gasteiger partial charge in [0.2, 0.25) is 0 Å². The summed E-state index contributed by atoms with van der Waals surface area (Å²) in [5, 5.41) is 34.9. The molecule has 0 saturated heterocycles. The molecule has 164 valence electrons. The van der Waals surface area contributed by atoms with E-state index in [1.165, 1.54) is 0 Å². The van der Waals surface area contributed by atoms with Crippen LogP contribution in [0.5, 0.6) is 0 Å². The van der Waals surface area contributed by atoms with E-state index in [9.17, 15) is 15.3 Å². The Balaban J connectivity index is 1.41. The van der Waals surface area contributed by atoms with Gasteiger partial charge in [-0.25, -0.2) is 9.98 Å². The van der Waals surface area contributed by atoms with E-state index in [-0.39, 0.29) is 30.5 Å². The van der Waals surface area contributed by atoms with Gasteiger partial charge < -0.3 is 25.5 Å². The fourth-order valence-corrected chi connectivity index (χ4v) is 5.96. The zero-order chi connectivity index (χ0) is 21.9. The third kappa shape index (κ3) is 2.71. The van der Waals surface area contributed by atoms with Gasteiger partial charge in [0, 0.05) is 24.4 Å². The number of hydrogen-bond acceptors (Lipinski definition) is 7. The predicted molar refractivity (Wildman–Crippen MR) is 123 cm³/mol. The highest BCUT2D eigenvalue weighted by Crippen LogP contribution is 2.64. The molecule has 2 aromatic carbocycles. The number of nitrogens with zero attached hydrogens (tertiary/aromatic N) is 3. The van der Waals surface area contributed by atoms with E-state index < -0.39 is 17.7 Å². The Morgan fingerprint density at radius 3 is 2.44 bits per heavy atom. The third-order valence-corrected chi connectivity index (χ3v) is 7.57. The Kier molecular flexibility index (Phi) is 4.47. The zero-order valence-corrected chi connectivity index (χ0v) is 17.5. The van der Waals surface area contributed by atoms with Crippen LogP contribution in [0.25, 0.3) is 5.57 Å². The van der Waals surface area contributed by atoms with Crippen LogP contribution >= 0.6 is 0 Å². The van der Waals surface area contributed by atoms with E-state index in [2.05, 4.69) is 33.5 Å². The van der Waals surface area contributed by atoms with Crippen LogP contribution < -0.4 is 5.32 Å². The highest BCUT2D eigenvalue weighted by Gasteiger charge is 2.74. The molecule has 7 heteroatoms. The number of rotatable bonds is 4. The van der Waals surface area contributed by atoms with E-state index in [1.807, 2.05) is 48.5 Å². The number of anilines is 1. The zero-order valence-electron chi connectivity index (χ0n) is 17.5. The Hall–Kier alpha value is -3.00. The van der Waals surface area contributed by atoms with Gasteiger partial charge in [0.1, 0.15) is 24.4 Å². The van der Waals surface area contributed by atoms with Crippen molar-refractivity contribution in [3.63, 3.8) is 0 Å². The monoisotopic (exact) mass is 430 g/mol. The van der Waals surface area contributed by atoms with E-state index in [1.54, 1.807) is 6.34 Å². The van der Waals surface area contributed by atoms with Gasteiger partial charge in [-0.2, -0.15) is 0 Å². The molecule has 0 radical (unpaired) electrons. The number of aliphatic hydroxyl groups excluding tert-OH is 3. The van der Waals surface area contributed by atoms with Gasteiger partial charge in [0.15, 0.2) is 0 Å². The lowest BCUT2D eigenvalue weighted by atomic mass is 9.91. The molecule has 2 saturated carbocycles. The maximum atomic E-state index is 11.0. The van der Waals surface area contributed by atoms with E-state index in [4.69, 9.17) is 4.99 Å². The summed E-state index contributed by atoms with van der Waals surface area (Å²) >= 11 is 0. The highest BCUT2D eigenvalue weighted by atomic mass is 16.3. The molecule has 7 nitrogen and oxygen atoms in total. The van der Waals surface area contributed by atoms with Gasteiger partial charge in [0.25, 0.3) is 0 Å². The Morgan fingerprint density at radius 2 is 1.75 bits per heavy atom. The summed E-state index contributed by atoms with van der Waals surface area (Å²) in [6, 6.07) is 20.1. The van der Waals surface area contributed by atoms with Crippen molar-refractivity contribution >= 4 is 23.4 Å². The Labute approximate surface area is 186 Å². The molecule has 32 heavy (non-hydrogen) atoms. The summed E-state index contributed by atoms with van der Waals surface area (Å²) in [5.41, 5.74) is 2.48. The minimum Gasteiger partial charge on any atom is -0.396 e. The van der Waals surface area contributed by atoms with Crippen molar-refractivity contribution in [1.82, 2.24) is 4.90 Å². The first-order chi connectivity index (χ1) is 15.6. The second kappa shape index (κ2) is 7.27. The maximum Gasteiger partial charge on any atom is 0.137 e. The van der Waals surface area contributed by atoms with Crippen molar-refractivity contribution in [2.75, 3.05) is 11.9 Å². The number of aliphatic hydroxyl groups is 3. The summed E-state index contributed by atoms with van der Waals surface area (Å²) in [7, 11) is 0. The van der Waals surface area contributed by atoms with Crippen LogP contribution in [0.1, 0.15) is 12.0 Å². The fraction of sp³-hybridized carbons (Fsp3) is 0.360. The first-order valence-electron chi connectivity index (χ1n) is 11.1. The Morgan fingerprint density at radius 1 is 1.03 bits per heavy atom. The van der Waals surface area contributed by atoms with Crippen LogP contribution in [0.15, 0.2) is 76.8 Å². The molecule has 2 aromatic rings. The fourth-order valence-electron chi connectivity index (χ4n) is 5.96. The summed E-state index contributed by atoms with van der Waals surface area (Å²) in [6.07, 6.45) is 2.25. The van der Waals surface area contributed by atoms with E-state index >= 15 is 0 Å². The van der Waals surface area contributed by atoms with E-state index in [0.29, 0.717) is 0 Å². The summed E-state index contributed by atoms with van der Waals surface area (Å²) < 4.78 is 0. The van der Waals surface area contributed by atoms with Crippen molar-refractivity contribution in [2.45, 2.75) is 30.3 Å². The number of amidine groups is 1. The van der Waals surface area contributed by atoms with Gasteiger partial charge in [-0.15, -0.1) is 0 Å². The van der Waals surface area contributed by atoms with Crippen LogP contribution in [-0.2, 0) is 0 Å². The van der Waals surface area contributed by atoms with Gasteiger partial charge in [-0.1, -0.05) is 48.5 Å². The lowest BCUT2D eigenvalue weighted by Crippen LogP contribution is -2.51. The van der Waals surface area contributed by atoms with Crippen LogP contribution in [0.2, 0.25) is 0 Å². The van der Waals surface area contributed by atoms with Crippen LogP contribution in [-0.4, -0.2) is 62.9 Å². The molecule has 7 atom stereocenters. The second-order valence-corrected chi connectivity index (χ2v) is 9.10. The molecule has 3 unspecified atom stereocenters. The highest BCUT2D eigenvalue weighted by molar-refractivity contribution is 6.09. The molecule has 2 heterocycles. The van der Waals surface area contributed by atoms with Gasteiger partial charge in [-0.3, -0.25) is 0 Å². The standard InChI is InChI=1S/C25H26N4O3/c30-13-18-19-11-25(19,22(32)21(18)31)29-12-17(15-7-3-1-4-8-15)20-23(26-14-27-24(20)29)28-16-9-5-2-6-10-16/h1-10,12,14,18-22,24,30-32H,11,13H2,(H,26,27,28)/t18-,19-,20?,21-,22?,24?,25+/m0/s1. The lowest BCUT2D eigenvalue weighted by Gasteiger charge is -2.37. The number of fused-ring (bicyclic) bond motifs is 2. The molecule has 0 aromatic heterocycles. The molecule has 0 amide bonds. The number of para-hydroxylation sites is 1. The Bertz CT molecular complexity index is 1100. The average molecular weight is 431 g/mol. The van der Waals surface area contributed by atoms with Crippen molar-refractivity contribution in [2.24, 2.45) is 27.7 Å². The van der Waals surface area contributed by atoms with Crippen LogP contribution in [0.4, 0.5) is 5.69 Å². The average Bonchev–Trinajstić information content (AvgIpc) is 3.37. The minimum atomic E-state index is -0.936. The number of hydrogen-bond donors (Lipinski definition) is 4. The van der Waals surface area contributed by atoms with Gasteiger partial charge in [-0.05, 0) is 35.6 Å². The quantitative estimate of drug-likeness (QED) is 0.594. The minimum absolute atomic E-state index is 0.0316.